The summed E-state index contributed by atoms with van der Waals surface area (Å²) in [7, 11) is 0. The Morgan fingerprint density at radius 2 is 1.12 bits per heavy atom. The van der Waals surface area contributed by atoms with Crippen LogP contribution in [0.3, 0.4) is 0 Å². The van der Waals surface area contributed by atoms with Gasteiger partial charge in [0.1, 0.15) is 0 Å². The molecule has 1 aliphatic carbocycles. The van der Waals surface area contributed by atoms with Crippen LogP contribution in [0, 0.1) is 23.7 Å². The molecular weight excluding hydrogens is 324 g/mol. The number of esters is 2. The van der Waals surface area contributed by atoms with Crippen LogP contribution in [0.1, 0.15) is 17.5 Å². The van der Waals surface area contributed by atoms with E-state index in [0.717, 1.165) is 17.5 Å². The molecular formula is C23H20O3. The Morgan fingerprint density at radius 3 is 1.54 bits per heavy atom. The highest BCUT2D eigenvalue weighted by atomic mass is 16.6. The third-order valence-corrected chi connectivity index (χ3v) is 5.27. The molecule has 26 heavy (non-hydrogen) atoms. The van der Waals surface area contributed by atoms with Crippen molar-refractivity contribution in [2.24, 2.45) is 23.7 Å². The highest BCUT2D eigenvalue weighted by molar-refractivity contribution is 5.97. The number of hydrogen-bond donors (Lipinski definition) is 0. The first-order valence-electron chi connectivity index (χ1n) is 8.94. The fourth-order valence-corrected chi connectivity index (χ4v) is 4.01. The number of hydrogen-bond acceptors (Lipinski definition) is 3. The molecule has 2 aromatic rings. The summed E-state index contributed by atoms with van der Waals surface area (Å²) in [6.07, 6.45) is 8.96. The fraction of sp³-hybridized carbons (Fsp3) is 0.217. The Hall–Kier alpha value is -2.94. The van der Waals surface area contributed by atoms with E-state index in [1.165, 1.54) is 0 Å². The summed E-state index contributed by atoms with van der Waals surface area (Å²) in [4.78, 5) is 24.4. The van der Waals surface area contributed by atoms with Crippen LogP contribution in [0.15, 0.2) is 72.8 Å². The molecule has 1 saturated carbocycles. The molecule has 0 amide bonds. The van der Waals surface area contributed by atoms with Gasteiger partial charge >= 0.3 is 11.9 Å². The van der Waals surface area contributed by atoms with Gasteiger partial charge in [0.2, 0.25) is 0 Å². The second kappa shape index (κ2) is 7.12. The van der Waals surface area contributed by atoms with E-state index >= 15 is 0 Å². The second-order valence-electron chi connectivity index (χ2n) is 6.89. The van der Waals surface area contributed by atoms with E-state index in [0.29, 0.717) is 0 Å². The zero-order chi connectivity index (χ0) is 17.9. The van der Waals surface area contributed by atoms with Crippen molar-refractivity contribution in [2.45, 2.75) is 6.42 Å². The van der Waals surface area contributed by atoms with E-state index in [2.05, 4.69) is 12.2 Å². The molecule has 2 aliphatic rings. The summed E-state index contributed by atoms with van der Waals surface area (Å²) in [5.41, 5.74) is 2.18. The largest absolute Gasteiger partial charge is 0.393 e. The van der Waals surface area contributed by atoms with Crippen LogP contribution >= 0.6 is 0 Å². The maximum atomic E-state index is 12.2. The lowest BCUT2D eigenvalue weighted by molar-refractivity contribution is -0.154. The predicted molar refractivity (Wildman–Crippen MR) is 101 cm³/mol. The summed E-state index contributed by atoms with van der Waals surface area (Å²) in [5.74, 6) is -1.45. The number of carbonyl (C=O) groups is 2. The standard InChI is InChI=1S/C23H20O3/c24-22-20-18(13-11-16-7-3-1-4-8-16)15-19(21(20)23(25)26-22)14-12-17-9-5-2-6-10-17/h1-14,18-21H,15H2/b13-11+,14-12+/t18?,19?,20-,21?/m1/s1. The van der Waals surface area contributed by atoms with Gasteiger partial charge in [-0.15, -0.1) is 0 Å². The Kier molecular flexibility index (Phi) is 4.53. The highest BCUT2D eigenvalue weighted by Crippen LogP contribution is 2.48. The van der Waals surface area contributed by atoms with Crippen LogP contribution < -0.4 is 0 Å². The lowest BCUT2D eigenvalue weighted by Gasteiger charge is -2.09. The third-order valence-electron chi connectivity index (χ3n) is 5.27. The van der Waals surface area contributed by atoms with Gasteiger partial charge in [0, 0.05) is 0 Å². The number of rotatable bonds is 4. The normalized spacial score (nSPS) is 28.0. The number of ether oxygens (including phenoxy) is 1. The van der Waals surface area contributed by atoms with Gasteiger partial charge in [-0.1, -0.05) is 85.0 Å². The summed E-state index contributed by atoms with van der Waals surface area (Å²) >= 11 is 0. The number of benzene rings is 2. The Balaban J connectivity index is 1.57. The minimum Gasteiger partial charge on any atom is -0.393 e. The minimum atomic E-state index is -0.377. The quantitative estimate of drug-likeness (QED) is 0.611. The molecule has 1 saturated heterocycles. The molecule has 3 nitrogen and oxygen atoms in total. The fourth-order valence-electron chi connectivity index (χ4n) is 4.01. The van der Waals surface area contributed by atoms with Gasteiger partial charge in [0.25, 0.3) is 0 Å². The van der Waals surface area contributed by atoms with E-state index in [-0.39, 0.29) is 35.6 Å². The van der Waals surface area contributed by atoms with Crippen LogP contribution in [-0.4, -0.2) is 11.9 Å². The molecule has 2 fully saturated rings. The number of cyclic esters (lactones) is 2. The van der Waals surface area contributed by atoms with Crippen LogP contribution in [-0.2, 0) is 14.3 Å². The summed E-state index contributed by atoms with van der Waals surface area (Å²) < 4.78 is 4.95. The van der Waals surface area contributed by atoms with Gasteiger partial charge in [0.15, 0.2) is 0 Å². The zero-order valence-corrected chi connectivity index (χ0v) is 14.3. The van der Waals surface area contributed by atoms with Crippen molar-refractivity contribution in [1.82, 2.24) is 0 Å². The smallest absolute Gasteiger partial charge is 0.318 e. The van der Waals surface area contributed by atoms with Crippen molar-refractivity contribution < 1.29 is 14.3 Å². The zero-order valence-electron chi connectivity index (χ0n) is 14.3. The summed E-state index contributed by atoms with van der Waals surface area (Å²) in [6, 6.07) is 20.0. The molecule has 1 heterocycles. The van der Waals surface area contributed by atoms with E-state index in [1.54, 1.807) is 0 Å². The minimum absolute atomic E-state index is 0.0181. The molecule has 4 atom stereocenters. The molecule has 2 aromatic carbocycles. The van der Waals surface area contributed by atoms with Crippen LogP contribution in [0.2, 0.25) is 0 Å². The molecule has 4 rings (SSSR count). The van der Waals surface area contributed by atoms with Crippen molar-refractivity contribution in [2.75, 3.05) is 0 Å². The van der Waals surface area contributed by atoms with Crippen LogP contribution in [0.5, 0.6) is 0 Å². The second-order valence-corrected chi connectivity index (χ2v) is 6.89. The van der Waals surface area contributed by atoms with Crippen molar-refractivity contribution >= 4 is 24.1 Å². The molecule has 3 heteroatoms. The van der Waals surface area contributed by atoms with Crippen molar-refractivity contribution in [3.05, 3.63) is 83.9 Å². The Bertz CT molecular complexity index is 780. The van der Waals surface area contributed by atoms with Crippen LogP contribution in [0.25, 0.3) is 12.2 Å². The number of allylic oxidation sites excluding steroid dienone is 2. The third kappa shape index (κ3) is 3.25. The van der Waals surface area contributed by atoms with Crippen molar-refractivity contribution in [3.63, 3.8) is 0 Å². The van der Waals surface area contributed by atoms with Gasteiger partial charge in [-0.3, -0.25) is 9.59 Å². The predicted octanol–water partition coefficient (Wildman–Crippen LogP) is 4.37. The topological polar surface area (TPSA) is 43.4 Å². The summed E-state index contributed by atoms with van der Waals surface area (Å²) in [5, 5.41) is 0. The molecule has 0 aromatic heterocycles. The first-order chi connectivity index (χ1) is 12.7. The average molecular weight is 344 g/mol. The van der Waals surface area contributed by atoms with Crippen molar-refractivity contribution in [1.29, 1.82) is 0 Å². The van der Waals surface area contributed by atoms with Gasteiger partial charge < -0.3 is 4.74 Å². The molecule has 0 spiro atoms. The molecule has 0 N–H and O–H groups in total. The summed E-state index contributed by atoms with van der Waals surface area (Å²) in [6.45, 7) is 0. The average Bonchev–Trinajstić information content (AvgIpc) is 3.19. The molecule has 3 unspecified atom stereocenters. The molecule has 0 bridgehead atoms. The highest BCUT2D eigenvalue weighted by Gasteiger charge is 2.55. The van der Waals surface area contributed by atoms with E-state index in [4.69, 9.17) is 4.74 Å². The van der Waals surface area contributed by atoms with E-state index in [9.17, 15) is 9.59 Å². The lowest BCUT2D eigenvalue weighted by atomic mass is 9.88. The lowest BCUT2D eigenvalue weighted by Crippen LogP contribution is -2.19. The molecule has 130 valence electrons. The van der Waals surface area contributed by atoms with Gasteiger partial charge in [-0.2, -0.15) is 0 Å². The monoisotopic (exact) mass is 344 g/mol. The molecule has 0 radical (unpaired) electrons. The van der Waals surface area contributed by atoms with Crippen LogP contribution in [0.4, 0.5) is 0 Å². The van der Waals surface area contributed by atoms with E-state index < -0.39 is 0 Å². The van der Waals surface area contributed by atoms with Gasteiger partial charge in [-0.05, 0) is 29.4 Å². The number of fused-ring (bicyclic) bond motifs is 1. The molecule has 1 aliphatic heterocycles. The maximum Gasteiger partial charge on any atom is 0.318 e. The van der Waals surface area contributed by atoms with Gasteiger partial charge in [-0.25, -0.2) is 0 Å². The SMILES string of the molecule is O=C1OC(=O)[C@@H]2C(/C=C/c3ccccc3)CC(/C=C/c3ccccc3)C12. The Morgan fingerprint density at radius 1 is 0.692 bits per heavy atom. The van der Waals surface area contributed by atoms with E-state index in [1.807, 2.05) is 72.8 Å². The first-order valence-corrected chi connectivity index (χ1v) is 8.94. The van der Waals surface area contributed by atoms with Gasteiger partial charge in [0.05, 0.1) is 11.8 Å². The first kappa shape index (κ1) is 16.5. The number of carbonyl (C=O) groups excluding carboxylic acids is 2. The van der Waals surface area contributed by atoms with Crippen molar-refractivity contribution in [3.8, 4) is 0 Å². The maximum absolute atomic E-state index is 12.2. The Labute approximate surface area is 153 Å².